The van der Waals surface area contributed by atoms with Crippen LogP contribution < -0.4 is 0 Å². The summed E-state index contributed by atoms with van der Waals surface area (Å²) in [5.74, 6) is 5.69. The van der Waals surface area contributed by atoms with Crippen LogP contribution >= 0.6 is 11.8 Å². The van der Waals surface area contributed by atoms with Crippen molar-refractivity contribution in [3.63, 3.8) is 0 Å². The highest BCUT2D eigenvalue weighted by molar-refractivity contribution is 8.04. The van der Waals surface area contributed by atoms with Crippen molar-refractivity contribution < 1.29 is 9.50 Å². The van der Waals surface area contributed by atoms with Crippen molar-refractivity contribution in [2.75, 3.05) is 6.61 Å². The SMILES string of the molecule is OCC1CC=C(C#Cc2cc3cc(F)cnc3[nH]2)S1. The molecule has 5 heteroatoms. The van der Waals surface area contributed by atoms with Crippen LogP contribution in [0.1, 0.15) is 12.1 Å². The molecule has 3 heterocycles. The second-order valence-corrected chi connectivity index (χ2v) is 5.59. The lowest BCUT2D eigenvalue weighted by molar-refractivity contribution is 0.296. The summed E-state index contributed by atoms with van der Waals surface area (Å²) in [4.78, 5) is 7.96. The van der Waals surface area contributed by atoms with E-state index < -0.39 is 0 Å². The highest BCUT2D eigenvalue weighted by Gasteiger charge is 2.15. The van der Waals surface area contributed by atoms with E-state index in [1.54, 1.807) is 17.8 Å². The Bertz CT molecular complexity index is 711. The average Bonchev–Trinajstić information content (AvgIpc) is 3.01. The summed E-state index contributed by atoms with van der Waals surface area (Å²) in [6.45, 7) is 0.169. The molecular formula is C14H11FN2OS. The van der Waals surface area contributed by atoms with Gasteiger partial charge in [-0.25, -0.2) is 9.37 Å². The van der Waals surface area contributed by atoms with Crippen LogP contribution in [-0.4, -0.2) is 26.9 Å². The molecule has 3 nitrogen and oxygen atoms in total. The van der Waals surface area contributed by atoms with E-state index in [4.69, 9.17) is 5.11 Å². The minimum absolute atomic E-state index is 0.169. The van der Waals surface area contributed by atoms with Gasteiger partial charge < -0.3 is 10.1 Å². The number of aliphatic hydroxyl groups excluding tert-OH is 1. The molecule has 96 valence electrons. The van der Waals surface area contributed by atoms with Gasteiger partial charge in [-0.05, 0) is 24.5 Å². The highest BCUT2D eigenvalue weighted by Crippen LogP contribution is 2.31. The molecule has 19 heavy (non-hydrogen) atoms. The van der Waals surface area contributed by atoms with Crippen LogP contribution in [0.3, 0.4) is 0 Å². The number of hydrogen-bond donors (Lipinski definition) is 2. The van der Waals surface area contributed by atoms with Crippen molar-refractivity contribution in [3.8, 4) is 11.8 Å². The summed E-state index contributed by atoms with van der Waals surface area (Å²) in [7, 11) is 0. The van der Waals surface area contributed by atoms with E-state index >= 15 is 0 Å². The lowest BCUT2D eigenvalue weighted by atomic mass is 10.3. The number of allylic oxidation sites excluding steroid dienone is 2. The third-order valence-corrected chi connectivity index (χ3v) is 4.02. The largest absolute Gasteiger partial charge is 0.395 e. The van der Waals surface area contributed by atoms with Gasteiger partial charge in [0.25, 0.3) is 0 Å². The van der Waals surface area contributed by atoms with E-state index in [1.807, 2.05) is 6.08 Å². The molecule has 0 bridgehead atoms. The molecule has 2 N–H and O–H groups in total. The third-order valence-electron chi connectivity index (χ3n) is 2.82. The topological polar surface area (TPSA) is 48.9 Å². The number of halogens is 1. The van der Waals surface area contributed by atoms with Crippen LogP contribution in [0.15, 0.2) is 29.3 Å². The summed E-state index contributed by atoms with van der Waals surface area (Å²) < 4.78 is 13.0. The van der Waals surface area contributed by atoms with E-state index in [9.17, 15) is 4.39 Å². The van der Waals surface area contributed by atoms with E-state index in [0.29, 0.717) is 16.7 Å². The standard InChI is InChI=1S/C14H11FN2OS/c15-10-5-9-6-11(17-14(9)16-7-10)1-2-12-3-4-13(8-18)19-12/h3,5-7,13,18H,4,8H2,(H,16,17). The Labute approximate surface area is 113 Å². The minimum atomic E-state index is -0.356. The maximum absolute atomic E-state index is 13.0. The minimum Gasteiger partial charge on any atom is -0.395 e. The predicted molar refractivity (Wildman–Crippen MR) is 74.1 cm³/mol. The second-order valence-electron chi connectivity index (χ2n) is 4.25. The zero-order valence-electron chi connectivity index (χ0n) is 9.98. The van der Waals surface area contributed by atoms with Gasteiger partial charge in [0.05, 0.1) is 23.4 Å². The normalized spacial score (nSPS) is 18.2. The fraction of sp³-hybridized carbons (Fsp3) is 0.214. The molecule has 1 aliphatic rings. The van der Waals surface area contributed by atoms with Crippen molar-refractivity contribution in [2.45, 2.75) is 11.7 Å². The molecule has 2 aromatic rings. The number of aliphatic hydroxyl groups is 1. The number of aromatic nitrogens is 2. The van der Waals surface area contributed by atoms with Crippen LogP contribution in [-0.2, 0) is 0 Å². The molecule has 0 amide bonds. The summed E-state index contributed by atoms with van der Waals surface area (Å²) in [6, 6.07) is 3.21. The van der Waals surface area contributed by atoms with Crippen molar-refractivity contribution in [3.05, 3.63) is 40.8 Å². The number of nitrogens with zero attached hydrogens (tertiary/aromatic N) is 1. The summed E-state index contributed by atoms with van der Waals surface area (Å²) >= 11 is 1.59. The molecular weight excluding hydrogens is 263 g/mol. The Morgan fingerprint density at radius 1 is 1.47 bits per heavy atom. The van der Waals surface area contributed by atoms with Gasteiger partial charge >= 0.3 is 0 Å². The van der Waals surface area contributed by atoms with Crippen LogP contribution in [0.2, 0.25) is 0 Å². The quantitative estimate of drug-likeness (QED) is 0.785. The van der Waals surface area contributed by atoms with Crippen molar-refractivity contribution in [2.24, 2.45) is 0 Å². The third kappa shape index (κ3) is 2.65. The van der Waals surface area contributed by atoms with Gasteiger partial charge in [0.15, 0.2) is 0 Å². The molecule has 0 aromatic carbocycles. The Balaban J connectivity index is 1.83. The van der Waals surface area contributed by atoms with Crippen LogP contribution in [0.4, 0.5) is 4.39 Å². The molecule has 0 saturated heterocycles. The monoisotopic (exact) mass is 274 g/mol. The van der Waals surface area contributed by atoms with Gasteiger partial charge in [0.1, 0.15) is 11.5 Å². The molecule has 1 unspecified atom stereocenters. The lowest BCUT2D eigenvalue weighted by Gasteiger charge is -2.00. The van der Waals surface area contributed by atoms with Crippen LogP contribution in [0, 0.1) is 17.7 Å². The van der Waals surface area contributed by atoms with E-state index in [-0.39, 0.29) is 17.7 Å². The molecule has 0 saturated carbocycles. The Morgan fingerprint density at radius 3 is 3.16 bits per heavy atom. The van der Waals surface area contributed by atoms with Crippen molar-refractivity contribution in [1.29, 1.82) is 0 Å². The maximum atomic E-state index is 13.0. The van der Waals surface area contributed by atoms with E-state index in [2.05, 4.69) is 21.8 Å². The fourth-order valence-corrected chi connectivity index (χ4v) is 2.82. The zero-order valence-corrected chi connectivity index (χ0v) is 10.8. The van der Waals surface area contributed by atoms with E-state index in [0.717, 1.165) is 11.3 Å². The maximum Gasteiger partial charge on any atom is 0.142 e. The lowest BCUT2D eigenvalue weighted by Crippen LogP contribution is -2.02. The van der Waals surface area contributed by atoms with Crippen molar-refractivity contribution >= 4 is 22.8 Å². The first kappa shape index (κ1) is 12.3. The van der Waals surface area contributed by atoms with Gasteiger partial charge in [0.2, 0.25) is 0 Å². The van der Waals surface area contributed by atoms with Crippen LogP contribution in [0.25, 0.3) is 11.0 Å². The smallest absolute Gasteiger partial charge is 0.142 e. The van der Waals surface area contributed by atoms with Crippen molar-refractivity contribution in [1.82, 2.24) is 9.97 Å². The first-order chi connectivity index (χ1) is 9.24. The fourth-order valence-electron chi connectivity index (χ4n) is 1.89. The van der Waals surface area contributed by atoms with E-state index in [1.165, 1.54) is 12.3 Å². The first-order valence-electron chi connectivity index (χ1n) is 5.88. The molecule has 0 fully saturated rings. The average molecular weight is 274 g/mol. The number of fused-ring (bicyclic) bond motifs is 1. The Kier molecular flexibility index (Phi) is 3.28. The predicted octanol–water partition coefficient (Wildman–Crippen LogP) is 2.44. The summed E-state index contributed by atoms with van der Waals surface area (Å²) in [5, 5.41) is 9.98. The molecule has 1 atom stereocenters. The summed E-state index contributed by atoms with van der Waals surface area (Å²) in [5.41, 5.74) is 1.34. The molecule has 0 spiro atoms. The molecule has 2 aromatic heterocycles. The zero-order chi connectivity index (χ0) is 13.2. The number of rotatable bonds is 1. The molecule has 0 aliphatic carbocycles. The van der Waals surface area contributed by atoms with Gasteiger partial charge in [-0.1, -0.05) is 12.0 Å². The highest BCUT2D eigenvalue weighted by atomic mass is 32.2. The second kappa shape index (κ2) is 5.08. The number of hydrogen-bond acceptors (Lipinski definition) is 3. The number of thioether (sulfide) groups is 1. The van der Waals surface area contributed by atoms with Gasteiger partial charge in [-0.2, -0.15) is 0 Å². The Morgan fingerprint density at radius 2 is 2.37 bits per heavy atom. The van der Waals surface area contributed by atoms with Gasteiger partial charge in [-0.15, -0.1) is 11.8 Å². The Hall–Kier alpha value is -1.77. The molecule has 1 aliphatic heterocycles. The number of nitrogens with one attached hydrogen (secondary N) is 1. The number of H-pyrrole nitrogens is 1. The molecule has 3 rings (SSSR count). The van der Waals surface area contributed by atoms with Gasteiger partial charge in [-0.3, -0.25) is 0 Å². The first-order valence-corrected chi connectivity index (χ1v) is 6.76. The number of pyridine rings is 1. The van der Waals surface area contributed by atoms with Crippen LogP contribution in [0.5, 0.6) is 0 Å². The number of aromatic amines is 1. The van der Waals surface area contributed by atoms with Gasteiger partial charge in [0, 0.05) is 10.6 Å². The summed E-state index contributed by atoms with van der Waals surface area (Å²) in [6.07, 6.45) is 4.06. The molecule has 0 radical (unpaired) electrons.